The quantitative estimate of drug-likeness (QED) is 0.896. The number of hydrogen-bond acceptors (Lipinski definition) is 2. The minimum absolute atomic E-state index is 0.103. The molecule has 1 aromatic rings. The van der Waals surface area contributed by atoms with Crippen molar-refractivity contribution >= 4 is 6.03 Å². The minimum Gasteiger partial charge on any atom is -0.338 e. The highest BCUT2D eigenvalue weighted by molar-refractivity contribution is 5.74. The van der Waals surface area contributed by atoms with E-state index in [1.807, 2.05) is 6.07 Å². The highest BCUT2D eigenvalue weighted by Gasteiger charge is 2.36. The molecule has 3 rings (SSSR count). The van der Waals surface area contributed by atoms with Crippen molar-refractivity contribution in [1.82, 2.24) is 15.5 Å². The first kappa shape index (κ1) is 15.3. The number of carbonyl (C=O) groups excluding carboxylic acids is 1. The van der Waals surface area contributed by atoms with E-state index >= 15 is 0 Å². The largest absolute Gasteiger partial charge is 0.338 e. The van der Waals surface area contributed by atoms with Crippen molar-refractivity contribution < 1.29 is 9.18 Å². The third-order valence-corrected chi connectivity index (χ3v) is 4.76. The third kappa shape index (κ3) is 3.77. The van der Waals surface area contributed by atoms with Crippen LogP contribution in [0.3, 0.4) is 0 Å². The van der Waals surface area contributed by atoms with Gasteiger partial charge in [0, 0.05) is 25.2 Å². The van der Waals surface area contributed by atoms with E-state index in [1.165, 1.54) is 37.9 Å². The van der Waals surface area contributed by atoms with Crippen molar-refractivity contribution in [1.29, 1.82) is 0 Å². The van der Waals surface area contributed by atoms with Crippen LogP contribution in [0.4, 0.5) is 9.18 Å². The van der Waals surface area contributed by atoms with E-state index in [-0.39, 0.29) is 17.9 Å². The van der Waals surface area contributed by atoms with Gasteiger partial charge in [-0.15, -0.1) is 0 Å². The lowest BCUT2D eigenvalue weighted by atomic mass is 9.99. The predicted molar refractivity (Wildman–Crippen MR) is 84.3 cm³/mol. The number of hydrogen-bond donors (Lipinski definition) is 2. The number of benzene rings is 1. The molecule has 2 aliphatic rings. The lowest BCUT2D eigenvalue weighted by Gasteiger charge is -2.32. The van der Waals surface area contributed by atoms with Gasteiger partial charge in [-0.25, -0.2) is 9.18 Å². The molecule has 0 aliphatic carbocycles. The average molecular weight is 305 g/mol. The first-order chi connectivity index (χ1) is 10.7. The minimum atomic E-state index is -0.231. The summed E-state index contributed by atoms with van der Waals surface area (Å²) in [6.07, 6.45) is 5.42. The number of piperidine rings is 1. The highest BCUT2D eigenvalue weighted by Crippen LogP contribution is 2.26. The van der Waals surface area contributed by atoms with Gasteiger partial charge < -0.3 is 10.6 Å². The Morgan fingerprint density at radius 3 is 3.05 bits per heavy atom. The van der Waals surface area contributed by atoms with E-state index in [1.54, 1.807) is 6.07 Å². The number of rotatable bonds is 4. The van der Waals surface area contributed by atoms with Crippen LogP contribution in [0.15, 0.2) is 24.3 Å². The normalized spacial score (nSPS) is 24.8. The second-order valence-electron chi connectivity index (χ2n) is 6.27. The molecule has 2 saturated heterocycles. The van der Waals surface area contributed by atoms with Crippen LogP contribution in [0.5, 0.6) is 0 Å². The molecule has 0 aromatic heterocycles. The maximum absolute atomic E-state index is 13.1. The van der Waals surface area contributed by atoms with Crippen LogP contribution in [0.2, 0.25) is 0 Å². The van der Waals surface area contributed by atoms with Crippen molar-refractivity contribution in [3.05, 3.63) is 35.6 Å². The Labute approximate surface area is 131 Å². The Balaban J connectivity index is 1.41. The van der Waals surface area contributed by atoms with Crippen molar-refractivity contribution in [2.24, 2.45) is 0 Å². The van der Waals surface area contributed by atoms with Crippen molar-refractivity contribution in [3.8, 4) is 0 Å². The molecule has 0 spiro atoms. The molecular weight excluding hydrogens is 281 g/mol. The monoisotopic (exact) mass is 305 g/mol. The summed E-state index contributed by atoms with van der Waals surface area (Å²) >= 11 is 0. The number of fused-ring (bicyclic) bond motifs is 1. The van der Waals surface area contributed by atoms with Gasteiger partial charge in [-0.1, -0.05) is 18.6 Å². The van der Waals surface area contributed by atoms with Gasteiger partial charge in [0.1, 0.15) is 5.82 Å². The summed E-state index contributed by atoms with van der Waals surface area (Å²) in [7, 11) is 0. The molecule has 2 unspecified atom stereocenters. The van der Waals surface area contributed by atoms with Crippen LogP contribution in [0, 0.1) is 5.82 Å². The van der Waals surface area contributed by atoms with E-state index in [2.05, 4.69) is 15.5 Å². The van der Waals surface area contributed by atoms with Gasteiger partial charge in [-0.2, -0.15) is 0 Å². The van der Waals surface area contributed by atoms with Crippen LogP contribution in [0.1, 0.15) is 31.2 Å². The maximum Gasteiger partial charge on any atom is 0.315 e. The first-order valence-corrected chi connectivity index (χ1v) is 8.25. The van der Waals surface area contributed by atoms with Crippen LogP contribution >= 0.6 is 0 Å². The molecule has 2 heterocycles. The third-order valence-electron chi connectivity index (χ3n) is 4.76. The molecule has 22 heavy (non-hydrogen) atoms. The molecule has 2 N–H and O–H groups in total. The van der Waals surface area contributed by atoms with E-state index in [0.29, 0.717) is 19.0 Å². The van der Waals surface area contributed by atoms with Gasteiger partial charge in [0.15, 0.2) is 0 Å². The number of nitrogens with zero attached hydrogens (tertiary/aromatic N) is 1. The Hall–Kier alpha value is -1.62. The van der Waals surface area contributed by atoms with Gasteiger partial charge in [0.25, 0.3) is 0 Å². The zero-order valence-electron chi connectivity index (χ0n) is 12.9. The second kappa shape index (κ2) is 7.09. The molecule has 5 heteroatoms. The van der Waals surface area contributed by atoms with Gasteiger partial charge in [0.2, 0.25) is 0 Å². The fourth-order valence-corrected chi connectivity index (χ4v) is 3.65. The van der Waals surface area contributed by atoms with Crippen LogP contribution in [0.25, 0.3) is 0 Å². The van der Waals surface area contributed by atoms with E-state index < -0.39 is 0 Å². The first-order valence-electron chi connectivity index (χ1n) is 8.25. The fraction of sp³-hybridized carbons (Fsp3) is 0.588. The molecule has 2 aliphatic heterocycles. The predicted octanol–water partition coefficient (Wildman–Crippen LogP) is 2.29. The summed E-state index contributed by atoms with van der Waals surface area (Å²) in [5.41, 5.74) is 0.902. The number of halogens is 1. The average Bonchev–Trinajstić information content (AvgIpc) is 2.91. The molecule has 0 saturated carbocycles. The Kier molecular flexibility index (Phi) is 4.93. The molecular formula is C17H24FN3O. The standard InChI is InChI=1S/C17H24FN3O/c18-14-5-3-4-13(12-14)7-9-19-17(22)20-15-8-11-21-10-2-1-6-16(15)21/h3-5,12,15-16H,1-2,6-11H2,(H2,19,20,22). The van der Waals surface area contributed by atoms with E-state index in [9.17, 15) is 9.18 Å². The number of urea groups is 1. The SMILES string of the molecule is O=C(NCCc1cccc(F)c1)NC1CCN2CCCCC12. The van der Waals surface area contributed by atoms with Crippen LogP contribution in [-0.2, 0) is 6.42 Å². The van der Waals surface area contributed by atoms with Crippen LogP contribution in [-0.4, -0.2) is 42.6 Å². The molecule has 120 valence electrons. The Morgan fingerprint density at radius 2 is 2.18 bits per heavy atom. The molecule has 2 fully saturated rings. The van der Waals surface area contributed by atoms with Crippen LogP contribution < -0.4 is 10.6 Å². The maximum atomic E-state index is 13.1. The van der Waals surface area contributed by atoms with E-state index in [4.69, 9.17) is 0 Å². The number of carbonyl (C=O) groups is 1. The zero-order chi connectivity index (χ0) is 15.4. The lowest BCUT2D eigenvalue weighted by Crippen LogP contribution is -2.49. The number of amides is 2. The van der Waals surface area contributed by atoms with Crippen molar-refractivity contribution in [2.45, 2.75) is 44.2 Å². The molecule has 1 aromatic carbocycles. The molecule has 0 radical (unpaired) electrons. The summed E-state index contributed by atoms with van der Waals surface area (Å²) in [6, 6.07) is 7.20. The summed E-state index contributed by atoms with van der Waals surface area (Å²) in [6.45, 7) is 2.79. The summed E-state index contributed by atoms with van der Waals surface area (Å²) < 4.78 is 13.1. The van der Waals surface area contributed by atoms with Gasteiger partial charge in [-0.3, -0.25) is 4.90 Å². The van der Waals surface area contributed by atoms with Gasteiger partial charge in [-0.05, 0) is 49.9 Å². The Morgan fingerprint density at radius 1 is 1.27 bits per heavy atom. The Bertz CT molecular complexity index is 522. The lowest BCUT2D eigenvalue weighted by molar-refractivity contribution is 0.179. The second-order valence-corrected chi connectivity index (χ2v) is 6.27. The highest BCUT2D eigenvalue weighted by atomic mass is 19.1. The van der Waals surface area contributed by atoms with Crippen molar-refractivity contribution in [3.63, 3.8) is 0 Å². The topological polar surface area (TPSA) is 44.4 Å². The molecule has 0 bridgehead atoms. The summed E-state index contributed by atoms with van der Waals surface area (Å²) in [4.78, 5) is 14.5. The van der Waals surface area contributed by atoms with Gasteiger partial charge in [0.05, 0.1) is 0 Å². The molecule has 4 nitrogen and oxygen atoms in total. The van der Waals surface area contributed by atoms with Crippen molar-refractivity contribution in [2.75, 3.05) is 19.6 Å². The smallest absolute Gasteiger partial charge is 0.315 e. The zero-order valence-corrected chi connectivity index (χ0v) is 12.9. The molecule has 2 amide bonds. The number of nitrogens with one attached hydrogen (secondary N) is 2. The molecule has 2 atom stereocenters. The summed E-state index contributed by atoms with van der Waals surface area (Å²) in [5.74, 6) is -0.231. The van der Waals surface area contributed by atoms with E-state index in [0.717, 1.165) is 18.5 Å². The summed E-state index contributed by atoms with van der Waals surface area (Å²) in [5, 5.41) is 5.99. The fourth-order valence-electron chi connectivity index (χ4n) is 3.65. The van der Waals surface area contributed by atoms with Gasteiger partial charge >= 0.3 is 6.03 Å².